The molecule has 1 fully saturated rings. The fourth-order valence-electron chi connectivity index (χ4n) is 3.99. The van der Waals surface area contributed by atoms with Crippen molar-refractivity contribution in [3.05, 3.63) is 54.1 Å². The van der Waals surface area contributed by atoms with Crippen LogP contribution >= 0.6 is 0 Å². The van der Waals surface area contributed by atoms with Crippen LogP contribution in [0, 0.1) is 18.3 Å². The fourth-order valence-corrected chi connectivity index (χ4v) is 3.99. The van der Waals surface area contributed by atoms with E-state index < -0.39 is 12.0 Å². The van der Waals surface area contributed by atoms with Crippen LogP contribution in [-0.4, -0.2) is 45.0 Å². The van der Waals surface area contributed by atoms with Crippen molar-refractivity contribution in [1.82, 2.24) is 10.6 Å². The van der Waals surface area contributed by atoms with Gasteiger partial charge < -0.3 is 25.0 Å². The topological polar surface area (TPSA) is 97.0 Å². The third-order valence-corrected chi connectivity index (χ3v) is 5.55. The molecule has 1 aliphatic heterocycles. The molecule has 0 bridgehead atoms. The maximum atomic E-state index is 13.2. The molecule has 2 unspecified atom stereocenters. The van der Waals surface area contributed by atoms with Crippen LogP contribution < -0.4 is 25.0 Å². The van der Waals surface area contributed by atoms with Crippen LogP contribution in [0.5, 0.6) is 11.5 Å². The number of nitrogens with zero attached hydrogens (tertiary/aromatic N) is 1. The van der Waals surface area contributed by atoms with Gasteiger partial charge in [0.15, 0.2) is 0 Å². The van der Waals surface area contributed by atoms with Crippen LogP contribution in [0.25, 0.3) is 0 Å². The van der Waals surface area contributed by atoms with E-state index in [1.807, 2.05) is 18.2 Å². The number of para-hydroxylation sites is 1. The van der Waals surface area contributed by atoms with Gasteiger partial charge in [-0.25, -0.2) is 0 Å². The SMILES string of the molecule is C#CCNC(=O)CNC(=O)C1CCC(=O)N(c2ccc(OC)cc2)C1c1ccccc1OC. The first kappa shape index (κ1) is 23.7. The average Bonchev–Trinajstić information content (AvgIpc) is 2.85. The first-order valence-electron chi connectivity index (χ1n) is 10.6. The van der Waals surface area contributed by atoms with Crippen LogP contribution in [0.4, 0.5) is 5.69 Å². The van der Waals surface area contributed by atoms with Gasteiger partial charge >= 0.3 is 0 Å². The minimum Gasteiger partial charge on any atom is -0.497 e. The summed E-state index contributed by atoms with van der Waals surface area (Å²) in [6, 6.07) is 13.8. The van der Waals surface area contributed by atoms with Gasteiger partial charge in [-0.05, 0) is 36.8 Å². The molecule has 3 rings (SSSR count). The van der Waals surface area contributed by atoms with Gasteiger partial charge in [-0.15, -0.1) is 6.42 Å². The Kier molecular flexibility index (Phi) is 7.92. The van der Waals surface area contributed by atoms with Gasteiger partial charge in [0.25, 0.3) is 0 Å². The lowest BCUT2D eigenvalue weighted by atomic mass is 9.82. The lowest BCUT2D eigenvalue weighted by molar-refractivity contribution is -0.131. The van der Waals surface area contributed by atoms with Gasteiger partial charge in [-0.2, -0.15) is 0 Å². The van der Waals surface area contributed by atoms with Gasteiger partial charge in [-0.3, -0.25) is 14.4 Å². The number of hydrogen-bond donors (Lipinski definition) is 2. The van der Waals surface area contributed by atoms with Gasteiger partial charge in [0.05, 0.1) is 39.3 Å². The van der Waals surface area contributed by atoms with E-state index in [0.717, 1.165) is 0 Å². The Morgan fingerprint density at radius 1 is 1.09 bits per heavy atom. The summed E-state index contributed by atoms with van der Waals surface area (Å²) in [5, 5.41) is 5.20. The molecule has 2 atom stereocenters. The Balaban J connectivity index is 1.97. The van der Waals surface area contributed by atoms with Crippen molar-refractivity contribution >= 4 is 23.4 Å². The summed E-state index contributed by atoms with van der Waals surface area (Å²) >= 11 is 0. The largest absolute Gasteiger partial charge is 0.497 e. The quantitative estimate of drug-likeness (QED) is 0.602. The van der Waals surface area contributed by atoms with E-state index in [0.29, 0.717) is 29.2 Å². The van der Waals surface area contributed by atoms with Crippen LogP contribution in [0.3, 0.4) is 0 Å². The van der Waals surface area contributed by atoms with E-state index in [1.165, 1.54) is 0 Å². The lowest BCUT2D eigenvalue weighted by Gasteiger charge is -2.41. The zero-order valence-corrected chi connectivity index (χ0v) is 18.7. The zero-order valence-electron chi connectivity index (χ0n) is 18.7. The molecule has 0 aromatic heterocycles. The van der Waals surface area contributed by atoms with E-state index >= 15 is 0 Å². The van der Waals surface area contributed by atoms with Crippen molar-refractivity contribution < 1.29 is 23.9 Å². The number of amides is 3. The molecule has 1 saturated heterocycles. The molecule has 33 heavy (non-hydrogen) atoms. The summed E-state index contributed by atoms with van der Waals surface area (Å²) in [6.07, 6.45) is 5.68. The number of nitrogens with one attached hydrogen (secondary N) is 2. The smallest absolute Gasteiger partial charge is 0.240 e. The summed E-state index contributed by atoms with van der Waals surface area (Å²) in [7, 11) is 3.12. The Bertz CT molecular complexity index is 1040. The normalized spacial score (nSPS) is 17.6. The molecule has 2 N–H and O–H groups in total. The van der Waals surface area contributed by atoms with Crippen molar-refractivity contribution in [1.29, 1.82) is 0 Å². The van der Waals surface area contributed by atoms with Gasteiger partial charge in [0.1, 0.15) is 11.5 Å². The number of carbonyl (C=O) groups is 3. The second kappa shape index (κ2) is 11.0. The van der Waals surface area contributed by atoms with Gasteiger partial charge in [0, 0.05) is 17.7 Å². The number of anilines is 1. The molecule has 2 aromatic rings. The van der Waals surface area contributed by atoms with Crippen molar-refractivity contribution in [3.8, 4) is 23.8 Å². The summed E-state index contributed by atoms with van der Waals surface area (Å²) in [5.74, 6) is 2.14. The minimum atomic E-state index is -0.621. The third-order valence-electron chi connectivity index (χ3n) is 5.55. The Labute approximate surface area is 193 Å². The maximum Gasteiger partial charge on any atom is 0.240 e. The number of carbonyl (C=O) groups excluding carboxylic acids is 3. The predicted molar refractivity (Wildman–Crippen MR) is 124 cm³/mol. The lowest BCUT2D eigenvalue weighted by Crippen LogP contribution is -2.49. The first-order chi connectivity index (χ1) is 16.0. The molecular weight excluding hydrogens is 422 g/mol. The fraction of sp³-hybridized carbons (Fsp3) is 0.320. The molecule has 8 heteroatoms. The van der Waals surface area contributed by atoms with Crippen molar-refractivity contribution in [3.63, 3.8) is 0 Å². The molecule has 0 radical (unpaired) electrons. The molecule has 1 heterocycles. The van der Waals surface area contributed by atoms with Crippen LogP contribution in [0.2, 0.25) is 0 Å². The summed E-state index contributed by atoms with van der Waals surface area (Å²) in [4.78, 5) is 39.9. The van der Waals surface area contributed by atoms with E-state index in [2.05, 4.69) is 16.6 Å². The molecule has 0 spiro atoms. The van der Waals surface area contributed by atoms with Crippen LogP contribution in [-0.2, 0) is 14.4 Å². The number of rotatable bonds is 8. The highest BCUT2D eigenvalue weighted by Crippen LogP contribution is 2.43. The molecule has 8 nitrogen and oxygen atoms in total. The number of methoxy groups -OCH3 is 2. The molecule has 0 saturated carbocycles. The molecule has 3 amide bonds. The monoisotopic (exact) mass is 449 g/mol. The number of hydrogen-bond acceptors (Lipinski definition) is 5. The number of piperidine rings is 1. The Hall–Kier alpha value is -3.99. The molecular formula is C25H27N3O5. The predicted octanol–water partition coefficient (Wildman–Crippen LogP) is 2.05. The van der Waals surface area contributed by atoms with Crippen LogP contribution in [0.1, 0.15) is 24.4 Å². The number of terminal acetylenes is 1. The Morgan fingerprint density at radius 2 is 1.82 bits per heavy atom. The molecule has 1 aliphatic rings. The second-order valence-electron chi connectivity index (χ2n) is 7.49. The highest BCUT2D eigenvalue weighted by atomic mass is 16.5. The van der Waals surface area contributed by atoms with E-state index in [4.69, 9.17) is 15.9 Å². The molecule has 0 aliphatic carbocycles. The summed E-state index contributed by atoms with van der Waals surface area (Å²) in [6.45, 7) is -0.117. The summed E-state index contributed by atoms with van der Waals surface area (Å²) < 4.78 is 10.8. The Morgan fingerprint density at radius 3 is 2.48 bits per heavy atom. The van der Waals surface area contributed by atoms with Gasteiger partial charge in [0.2, 0.25) is 17.7 Å². The van der Waals surface area contributed by atoms with E-state index in [1.54, 1.807) is 49.5 Å². The highest BCUT2D eigenvalue weighted by Gasteiger charge is 2.42. The average molecular weight is 450 g/mol. The van der Waals surface area contributed by atoms with Gasteiger partial charge in [-0.1, -0.05) is 24.1 Å². The standard InChI is InChI=1S/C25H27N3O5/c1-4-15-26-22(29)16-27-25(31)20-13-14-23(30)28(17-9-11-18(32-2)12-10-17)24(20)19-7-5-6-8-21(19)33-3/h1,5-12,20,24H,13-16H2,2-3H3,(H,26,29)(H,27,31). The maximum absolute atomic E-state index is 13.2. The summed E-state index contributed by atoms with van der Waals surface area (Å²) in [5.41, 5.74) is 1.35. The first-order valence-corrected chi connectivity index (χ1v) is 10.6. The van der Waals surface area contributed by atoms with Crippen molar-refractivity contribution in [2.75, 3.05) is 32.2 Å². The zero-order chi connectivity index (χ0) is 23.8. The molecule has 2 aromatic carbocycles. The van der Waals surface area contributed by atoms with Crippen molar-refractivity contribution in [2.45, 2.75) is 18.9 Å². The third kappa shape index (κ3) is 5.44. The van der Waals surface area contributed by atoms with E-state index in [9.17, 15) is 14.4 Å². The van der Waals surface area contributed by atoms with Crippen LogP contribution in [0.15, 0.2) is 48.5 Å². The van der Waals surface area contributed by atoms with E-state index in [-0.39, 0.29) is 37.2 Å². The highest BCUT2D eigenvalue weighted by molar-refractivity contribution is 5.98. The second-order valence-corrected chi connectivity index (χ2v) is 7.49. The van der Waals surface area contributed by atoms with Crippen molar-refractivity contribution in [2.24, 2.45) is 5.92 Å². The minimum absolute atomic E-state index is 0.0850. The number of ether oxygens (including phenoxy) is 2. The number of benzene rings is 2. The molecule has 172 valence electrons.